The van der Waals surface area contributed by atoms with Gasteiger partial charge in [-0.2, -0.15) is 9.61 Å². The topological polar surface area (TPSA) is 82.0 Å². The molecule has 0 atom stereocenters. The van der Waals surface area contributed by atoms with Gasteiger partial charge in [-0.1, -0.05) is 0 Å². The Balaban J connectivity index is 1.70. The van der Waals surface area contributed by atoms with Crippen LogP contribution in [0.15, 0.2) is 17.5 Å². The zero-order chi connectivity index (χ0) is 13.2. The lowest BCUT2D eigenvalue weighted by molar-refractivity contribution is 0.721. The molecule has 0 saturated heterocycles. The maximum atomic E-state index is 5.61. The van der Waals surface area contributed by atoms with Gasteiger partial charge in [-0.15, -0.1) is 21.5 Å². The lowest BCUT2D eigenvalue weighted by atomic mass is 10.2. The highest BCUT2D eigenvalue weighted by atomic mass is 32.1. The van der Waals surface area contributed by atoms with Gasteiger partial charge < -0.3 is 5.73 Å². The molecule has 0 saturated carbocycles. The molecule has 0 spiro atoms. The lowest BCUT2D eigenvalue weighted by Crippen LogP contribution is -2.01. The summed E-state index contributed by atoms with van der Waals surface area (Å²) in [5.41, 5.74) is 8.40. The Morgan fingerprint density at radius 2 is 2.16 bits per heavy atom. The quantitative estimate of drug-likeness (QED) is 0.782. The van der Waals surface area contributed by atoms with E-state index in [0.717, 1.165) is 42.1 Å². The van der Waals surface area contributed by atoms with Gasteiger partial charge in [-0.25, -0.2) is 4.98 Å². The summed E-state index contributed by atoms with van der Waals surface area (Å²) in [6.45, 7) is 1.96. The summed E-state index contributed by atoms with van der Waals surface area (Å²) in [5, 5.41) is 15.3. The minimum Gasteiger partial charge on any atom is -0.375 e. The molecule has 2 N–H and O–H groups in total. The van der Waals surface area contributed by atoms with Crippen LogP contribution >= 0.6 is 11.3 Å². The van der Waals surface area contributed by atoms with Crippen molar-refractivity contribution in [3.8, 4) is 0 Å². The summed E-state index contributed by atoms with van der Waals surface area (Å²) in [5.74, 6) is 0.891. The van der Waals surface area contributed by atoms with Crippen LogP contribution < -0.4 is 5.73 Å². The second-order valence-electron chi connectivity index (χ2n) is 4.39. The molecule has 0 amide bonds. The van der Waals surface area contributed by atoms with Crippen molar-refractivity contribution >= 4 is 22.1 Å². The fourth-order valence-electron chi connectivity index (χ4n) is 1.95. The van der Waals surface area contributed by atoms with Crippen LogP contribution in [0.5, 0.6) is 0 Å². The van der Waals surface area contributed by atoms with Gasteiger partial charge in [0.2, 0.25) is 0 Å². The number of nitrogens with zero attached hydrogens (tertiary/aromatic N) is 5. The van der Waals surface area contributed by atoms with Gasteiger partial charge in [-0.05, 0) is 31.9 Å². The smallest absolute Gasteiger partial charge is 0.180 e. The molecule has 19 heavy (non-hydrogen) atoms. The van der Waals surface area contributed by atoms with E-state index in [0.29, 0.717) is 5.13 Å². The normalized spacial score (nSPS) is 11.2. The number of aromatic nitrogens is 5. The number of fused-ring (bicyclic) bond motifs is 1. The second-order valence-corrected chi connectivity index (χ2v) is 5.28. The third-order valence-corrected chi connectivity index (χ3v) is 3.59. The van der Waals surface area contributed by atoms with Crippen LogP contribution in [-0.4, -0.2) is 24.8 Å². The molecule has 0 radical (unpaired) electrons. The Morgan fingerprint density at radius 1 is 1.26 bits per heavy atom. The first kappa shape index (κ1) is 12.0. The highest BCUT2D eigenvalue weighted by Gasteiger charge is 2.07. The van der Waals surface area contributed by atoms with Gasteiger partial charge in [0.05, 0.1) is 11.4 Å². The van der Waals surface area contributed by atoms with Gasteiger partial charge in [-0.3, -0.25) is 0 Å². The molecular formula is C12H14N6S. The van der Waals surface area contributed by atoms with E-state index >= 15 is 0 Å². The van der Waals surface area contributed by atoms with Crippen molar-refractivity contribution in [3.05, 3.63) is 34.7 Å². The average Bonchev–Trinajstić information content (AvgIpc) is 2.97. The van der Waals surface area contributed by atoms with Crippen molar-refractivity contribution in [2.24, 2.45) is 0 Å². The third kappa shape index (κ3) is 2.55. The molecule has 0 bridgehead atoms. The second kappa shape index (κ2) is 4.93. The molecule has 0 aromatic carbocycles. The summed E-state index contributed by atoms with van der Waals surface area (Å²) >= 11 is 1.48. The maximum Gasteiger partial charge on any atom is 0.180 e. The Labute approximate surface area is 114 Å². The standard InChI is InChI=1S/C12H14N6S/c1-8-5-6-11-16-15-10(18(11)17-8)4-2-3-9-7-19-12(13)14-9/h5-7H,2-4H2,1H3,(H2,13,14). The number of aryl methyl sites for hydroxylation is 3. The monoisotopic (exact) mass is 274 g/mol. The fraction of sp³-hybridized carbons (Fsp3) is 0.333. The molecule has 6 nitrogen and oxygen atoms in total. The molecule has 0 aliphatic heterocycles. The van der Waals surface area contributed by atoms with Crippen LogP contribution in [0.4, 0.5) is 5.13 Å². The molecule has 7 heteroatoms. The van der Waals surface area contributed by atoms with Crippen molar-refractivity contribution in [1.82, 2.24) is 24.8 Å². The summed E-state index contributed by atoms with van der Waals surface area (Å²) in [7, 11) is 0. The SMILES string of the molecule is Cc1ccc2nnc(CCCc3csc(N)n3)n2n1. The number of anilines is 1. The molecule has 0 aliphatic rings. The van der Waals surface area contributed by atoms with Crippen LogP contribution in [-0.2, 0) is 12.8 Å². The molecule has 0 fully saturated rings. The Morgan fingerprint density at radius 3 is 2.95 bits per heavy atom. The number of hydrogen-bond donors (Lipinski definition) is 1. The molecule has 98 valence electrons. The van der Waals surface area contributed by atoms with E-state index in [1.807, 2.05) is 29.0 Å². The largest absolute Gasteiger partial charge is 0.375 e. The molecule has 3 heterocycles. The number of rotatable bonds is 4. The molecular weight excluding hydrogens is 260 g/mol. The minimum atomic E-state index is 0.625. The van der Waals surface area contributed by atoms with Gasteiger partial charge in [0.15, 0.2) is 16.6 Å². The Bertz CT molecular complexity index is 701. The number of nitrogens with two attached hydrogens (primary N) is 1. The molecule has 3 rings (SSSR count). The maximum absolute atomic E-state index is 5.61. The van der Waals surface area contributed by atoms with Gasteiger partial charge in [0, 0.05) is 11.8 Å². The van der Waals surface area contributed by atoms with Crippen molar-refractivity contribution in [1.29, 1.82) is 0 Å². The van der Waals surface area contributed by atoms with E-state index < -0.39 is 0 Å². The van der Waals surface area contributed by atoms with Crippen molar-refractivity contribution < 1.29 is 0 Å². The van der Waals surface area contributed by atoms with E-state index in [4.69, 9.17) is 5.73 Å². The minimum absolute atomic E-state index is 0.625. The Hall–Kier alpha value is -2.02. The van der Waals surface area contributed by atoms with Crippen molar-refractivity contribution in [2.75, 3.05) is 5.73 Å². The predicted molar refractivity (Wildman–Crippen MR) is 74.1 cm³/mol. The first-order valence-corrected chi connectivity index (χ1v) is 6.98. The van der Waals surface area contributed by atoms with E-state index in [1.165, 1.54) is 11.3 Å². The van der Waals surface area contributed by atoms with Crippen LogP contribution in [0.3, 0.4) is 0 Å². The zero-order valence-corrected chi connectivity index (χ0v) is 11.4. The summed E-state index contributed by atoms with van der Waals surface area (Å²) in [6.07, 6.45) is 2.68. The summed E-state index contributed by atoms with van der Waals surface area (Å²) < 4.78 is 1.81. The lowest BCUT2D eigenvalue weighted by Gasteiger charge is -1.99. The fourth-order valence-corrected chi connectivity index (χ4v) is 2.54. The van der Waals surface area contributed by atoms with Gasteiger partial charge in [0.1, 0.15) is 0 Å². The van der Waals surface area contributed by atoms with E-state index in [1.54, 1.807) is 0 Å². The highest BCUT2D eigenvalue weighted by molar-refractivity contribution is 7.13. The zero-order valence-electron chi connectivity index (χ0n) is 10.6. The molecule has 3 aromatic rings. The highest BCUT2D eigenvalue weighted by Crippen LogP contribution is 2.13. The van der Waals surface area contributed by atoms with Gasteiger partial charge >= 0.3 is 0 Å². The van der Waals surface area contributed by atoms with Crippen molar-refractivity contribution in [3.63, 3.8) is 0 Å². The van der Waals surface area contributed by atoms with Crippen molar-refractivity contribution in [2.45, 2.75) is 26.2 Å². The van der Waals surface area contributed by atoms with Crippen LogP contribution in [0.2, 0.25) is 0 Å². The number of nitrogen functional groups attached to an aromatic ring is 1. The van der Waals surface area contributed by atoms with E-state index in [9.17, 15) is 0 Å². The van der Waals surface area contributed by atoms with E-state index in [2.05, 4.69) is 20.3 Å². The summed E-state index contributed by atoms with van der Waals surface area (Å²) in [6, 6.07) is 3.87. The van der Waals surface area contributed by atoms with E-state index in [-0.39, 0.29) is 0 Å². The predicted octanol–water partition coefficient (Wildman–Crippen LogP) is 1.65. The van der Waals surface area contributed by atoms with Crippen LogP contribution in [0, 0.1) is 6.92 Å². The molecule has 0 unspecified atom stereocenters. The number of hydrogen-bond acceptors (Lipinski definition) is 6. The summed E-state index contributed by atoms with van der Waals surface area (Å²) in [4.78, 5) is 4.24. The first-order valence-electron chi connectivity index (χ1n) is 6.10. The Kier molecular flexibility index (Phi) is 3.12. The van der Waals surface area contributed by atoms with Gasteiger partial charge in [0.25, 0.3) is 0 Å². The first-order chi connectivity index (χ1) is 9.22. The third-order valence-electron chi connectivity index (χ3n) is 2.86. The average molecular weight is 274 g/mol. The molecule has 0 aliphatic carbocycles. The van der Waals surface area contributed by atoms with Crippen LogP contribution in [0.25, 0.3) is 5.65 Å². The molecule has 3 aromatic heterocycles. The number of thiazole rings is 1. The van der Waals surface area contributed by atoms with Crippen LogP contribution in [0.1, 0.15) is 23.6 Å².